The minimum atomic E-state index is -0.556. The predicted octanol–water partition coefficient (Wildman–Crippen LogP) is 2.26. The summed E-state index contributed by atoms with van der Waals surface area (Å²) in [5.74, 6) is -0.701. The van der Waals surface area contributed by atoms with E-state index in [1.807, 2.05) is 18.7 Å². The van der Waals surface area contributed by atoms with Crippen LogP contribution in [0, 0.1) is 10.1 Å². The smallest absolute Gasteiger partial charge is 0.271 e. The number of amides is 2. The number of nitro benzene ring substituents is 1. The molecule has 1 aromatic rings. The molecule has 2 rings (SSSR count). The van der Waals surface area contributed by atoms with E-state index in [1.165, 1.54) is 30.0 Å². The van der Waals surface area contributed by atoms with E-state index >= 15 is 0 Å². The van der Waals surface area contributed by atoms with Crippen molar-refractivity contribution < 1.29 is 14.5 Å². The molecule has 2 amide bonds. The van der Waals surface area contributed by atoms with Gasteiger partial charge >= 0.3 is 0 Å². The molecule has 1 unspecified atom stereocenters. The highest BCUT2D eigenvalue weighted by Crippen LogP contribution is 2.27. The van der Waals surface area contributed by atoms with E-state index < -0.39 is 10.2 Å². The monoisotopic (exact) mass is 350 g/mol. The van der Waals surface area contributed by atoms with Crippen molar-refractivity contribution in [1.82, 2.24) is 4.90 Å². The van der Waals surface area contributed by atoms with Crippen LogP contribution in [0.1, 0.15) is 20.3 Å². The Bertz CT molecular complexity index is 688. The lowest BCUT2D eigenvalue weighted by atomic mass is 10.2. The van der Waals surface area contributed by atoms with E-state index in [-0.39, 0.29) is 23.9 Å². The van der Waals surface area contributed by atoms with Crippen molar-refractivity contribution in [3.63, 3.8) is 0 Å². The highest BCUT2D eigenvalue weighted by atomic mass is 32.2. The number of carbonyl (C=O) groups is 2. The minimum Gasteiger partial charge on any atom is -0.352 e. The number of non-ortho nitro benzene ring substituents is 1. The zero-order valence-electron chi connectivity index (χ0n) is 13.4. The van der Waals surface area contributed by atoms with Crippen LogP contribution in [0.2, 0.25) is 0 Å². The molecule has 0 spiro atoms. The normalized spacial score (nSPS) is 16.7. The van der Waals surface area contributed by atoms with Crippen molar-refractivity contribution >= 4 is 40.1 Å². The molecular weight excluding hydrogens is 332 g/mol. The van der Waals surface area contributed by atoms with Crippen LogP contribution < -0.4 is 5.32 Å². The summed E-state index contributed by atoms with van der Waals surface area (Å²) >= 11 is 1.28. The molecule has 1 heterocycles. The van der Waals surface area contributed by atoms with Gasteiger partial charge in [-0.25, -0.2) is 0 Å². The molecule has 0 aromatic heterocycles. The molecule has 0 fully saturated rings. The Morgan fingerprint density at radius 2 is 2.12 bits per heavy atom. The van der Waals surface area contributed by atoms with E-state index in [0.29, 0.717) is 10.9 Å². The number of benzene rings is 1. The first kappa shape index (κ1) is 17.9. The summed E-state index contributed by atoms with van der Waals surface area (Å²) in [4.78, 5) is 40.2. The van der Waals surface area contributed by atoms with Crippen molar-refractivity contribution in [3.8, 4) is 0 Å². The van der Waals surface area contributed by atoms with Crippen molar-refractivity contribution in [3.05, 3.63) is 34.4 Å². The first-order chi connectivity index (χ1) is 11.4. The number of nitro groups is 1. The van der Waals surface area contributed by atoms with Crippen molar-refractivity contribution in [2.75, 3.05) is 18.4 Å². The van der Waals surface area contributed by atoms with Gasteiger partial charge in [0.1, 0.15) is 5.25 Å². The SMILES string of the molecule is CCN(CC)C1=NC(=O)C(CC(=O)Nc2cccc([N+](=O)[O-])c2)S1. The summed E-state index contributed by atoms with van der Waals surface area (Å²) in [6.45, 7) is 5.42. The fourth-order valence-electron chi connectivity index (χ4n) is 2.22. The number of carbonyl (C=O) groups excluding carboxylic acids is 2. The summed E-state index contributed by atoms with van der Waals surface area (Å²) in [5, 5.41) is 13.4. The van der Waals surface area contributed by atoms with Crippen molar-refractivity contribution in [2.45, 2.75) is 25.5 Å². The zero-order chi connectivity index (χ0) is 17.7. The lowest BCUT2D eigenvalue weighted by molar-refractivity contribution is -0.384. The summed E-state index contributed by atoms with van der Waals surface area (Å²) in [7, 11) is 0. The molecule has 9 heteroatoms. The Labute approximate surface area is 143 Å². The molecule has 24 heavy (non-hydrogen) atoms. The van der Waals surface area contributed by atoms with Crippen LogP contribution in [-0.4, -0.2) is 45.1 Å². The summed E-state index contributed by atoms with van der Waals surface area (Å²) in [6.07, 6.45) is -0.0273. The second-order valence-corrected chi connectivity index (χ2v) is 6.24. The maximum absolute atomic E-state index is 12.1. The van der Waals surface area contributed by atoms with E-state index in [0.717, 1.165) is 13.1 Å². The van der Waals surface area contributed by atoms with Gasteiger partial charge in [0.25, 0.3) is 11.6 Å². The quantitative estimate of drug-likeness (QED) is 0.623. The molecule has 8 nitrogen and oxygen atoms in total. The third-order valence-corrected chi connectivity index (χ3v) is 4.69. The maximum atomic E-state index is 12.1. The van der Waals surface area contributed by atoms with E-state index in [1.54, 1.807) is 6.07 Å². The molecule has 0 saturated carbocycles. The average Bonchev–Trinajstić information content (AvgIpc) is 2.89. The lowest BCUT2D eigenvalue weighted by Crippen LogP contribution is -2.27. The second kappa shape index (κ2) is 7.91. The zero-order valence-corrected chi connectivity index (χ0v) is 14.2. The van der Waals surface area contributed by atoms with E-state index in [9.17, 15) is 19.7 Å². The van der Waals surface area contributed by atoms with Gasteiger partial charge in [-0.05, 0) is 19.9 Å². The molecule has 0 bridgehead atoms. The van der Waals surface area contributed by atoms with Gasteiger partial charge in [-0.15, -0.1) is 0 Å². The van der Waals surface area contributed by atoms with E-state index in [4.69, 9.17) is 0 Å². The van der Waals surface area contributed by atoms with Gasteiger partial charge in [0, 0.05) is 37.3 Å². The molecule has 0 radical (unpaired) electrons. The first-order valence-electron chi connectivity index (χ1n) is 7.53. The van der Waals surface area contributed by atoms with Crippen LogP contribution in [0.4, 0.5) is 11.4 Å². The highest BCUT2D eigenvalue weighted by molar-refractivity contribution is 8.15. The molecule has 1 aliphatic rings. The number of hydrogen-bond donors (Lipinski definition) is 1. The Hall–Kier alpha value is -2.42. The topological polar surface area (TPSA) is 105 Å². The number of nitrogens with one attached hydrogen (secondary N) is 1. The Morgan fingerprint density at radius 1 is 1.42 bits per heavy atom. The second-order valence-electron chi connectivity index (χ2n) is 5.07. The summed E-state index contributed by atoms with van der Waals surface area (Å²) in [5.41, 5.74) is 0.223. The van der Waals surface area contributed by atoms with Crippen LogP contribution in [-0.2, 0) is 9.59 Å². The average molecular weight is 350 g/mol. The van der Waals surface area contributed by atoms with Gasteiger partial charge < -0.3 is 10.2 Å². The van der Waals surface area contributed by atoms with E-state index in [2.05, 4.69) is 10.3 Å². The number of nitrogens with zero attached hydrogens (tertiary/aromatic N) is 3. The van der Waals surface area contributed by atoms with Gasteiger partial charge in [-0.1, -0.05) is 17.8 Å². The Kier molecular flexibility index (Phi) is 5.91. The van der Waals surface area contributed by atoms with Crippen LogP contribution in [0.3, 0.4) is 0 Å². The Balaban J connectivity index is 1.95. The summed E-state index contributed by atoms with van der Waals surface area (Å²) in [6, 6.07) is 5.67. The number of thioether (sulfide) groups is 1. The van der Waals surface area contributed by atoms with Crippen LogP contribution in [0.25, 0.3) is 0 Å². The number of anilines is 1. The van der Waals surface area contributed by atoms with Crippen molar-refractivity contribution in [1.29, 1.82) is 0 Å². The van der Waals surface area contributed by atoms with Crippen molar-refractivity contribution in [2.24, 2.45) is 4.99 Å². The molecule has 1 N–H and O–H groups in total. The number of aliphatic imine (C=N–C) groups is 1. The number of amidine groups is 1. The largest absolute Gasteiger partial charge is 0.352 e. The third kappa shape index (κ3) is 4.31. The van der Waals surface area contributed by atoms with Gasteiger partial charge in [0.05, 0.1) is 4.92 Å². The fraction of sp³-hybridized carbons (Fsp3) is 0.400. The molecule has 1 aliphatic heterocycles. The molecule has 0 aliphatic carbocycles. The molecule has 128 valence electrons. The van der Waals surface area contributed by atoms with Gasteiger partial charge in [0.2, 0.25) is 5.91 Å². The maximum Gasteiger partial charge on any atom is 0.271 e. The molecule has 1 atom stereocenters. The standard InChI is InChI=1S/C15H18N4O4S/c1-3-18(4-2)15-17-14(21)12(24-15)9-13(20)16-10-6-5-7-11(8-10)19(22)23/h5-8,12H,3-4,9H2,1-2H3,(H,16,20). The Morgan fingerprint density at radius 3 is 2.75 bits per heavy atom. The first-order valence-corrected chi connectivity index (χ1v) is 8.41. The highest BCUT2D eigenvalue weighted by Gasteiger charge is 2.32. The third-order valence-electron chi connectivity index (χ3n) is 3.47. The fourth-order valence-corrected chi connectivity index (χ4v) is 3.41. The lowest BCUT2D eigenvalue weighted by Gasteiger charge is -2.19. The number of hydrogen-bond acceptors (Lipinski definition) is 6. The van der Waals surface area contributed by atoms with Gasteiger partial charge in [-0.2, -0.15) is 4.99 Å². The molecular formula is C15H18N4O4S. The predicted molar refractivity (Wildman–Crippen MR) is 93.1 cm³/mol. The summed E-state index contributed by atoms with van der Waals surface area (Å²) < 4.78 is 0. The molecule has 1 aromatic carbocycles. The number of rotatable bonds is 6. The minimum absolute atomic E-state index is 0.0273. The van der Waals surface area contributed by atoms with Crippen LogP contribution >= 0.6 is 11.8 Å². The molecule has 0 saturated heterocycles. The van der Waals surface area contributed by atoms with Gasteiger partial charge in [0.15, 0.2) is 5.17 Å². The van der Waals surface area contributed by atoms with Crippen LogP contribution in [0.5, 0.6) is 0 Å². The van der Waals surface area contributed by atoms with Gasteiger partial charge in [-0.3, -0.25) is 19.7 Å². The van der Waals surface area contributed by atoms with Crippen LogP contribution in [0.15, 0.2) is 29.3 Å².